The summed E-state index contributed by atoms with van der Waals surface area (Å²) in [6.45, 7) is 6.13. The van der Waals surface area contributed by atoms with Crippen LogP contribution in [-0.4, -0.2) is 36.5 Å². The standard InChI is InChI=1S/C23H27O15P3.6CH4/c1-12-10-14(3)20(19(11-12)36-39(24,25)26)35-16-8-9-17(22(15(16)4)38-41(30,31)32)34-18-7-6-13(2)21(23(18)33-5)37-40(27,28)29;;;;;;/h6-11H,1-5H3,(H2,24,25,26)(H2,27,28,29)(H2,30,31,32);6*1H4. The molecule has 0 spiro atoms. The van der Waals surface area contributed by atoms with Crippen molar-refractivity contribution in [3.63, 3.8) is 0 Å². The van der Waals surface area contributed by atoms with Crippen LogP contribution in [0.4, 0.5) is 0 Å². The highest BCUT2D eigenvalue weighted by atomic mass is 31.2. The lowest BCUT2D eigenvalue weighted by Gasteiger charge is -2.21. The van der Waals surface area contributed by atoms with E-state index in [9.17, 15) is 43.1 Å². The van der Waals surface area contributed by atoms with Crippen molar-refractivity contribution in [2.45, 2.75) is 72.3 Å². The van der Waals surface area contributed by atoms with Gasteiger partial charge in [-0.1, -0.05) is 56.7 Å². The van der Waals surface area contributed by atoms with Gasteiger partial charge < -0.3 is 27.8 Å². The van der Waals surface area contributed by atoms with Gasteiger partial charge in [0.05, 0.1) is 7.11 Å². The molecule has 15 nitrogen and oxygen atoms in total. The van der Waals surface area contributed by atoms with Crippen LogP contribution in [-0.2, 0) is 13.7 Å². The lowest BCUT2D eigenvalue weighted by atomic mass is 10.1. The van der Waals surface area contributed by atoms with Crippen LogP contribution >= 0.6 is 23.5 Å². The third kappa shape index (κ3) is 13.9. The fourth-order valence-corrected chi connectivity index (χ4v) is 5.01. The summed E-state index contributed by atoms with van der Waals surface area (Å²) in [5.74, 6) is -1.90. The lowest BCUT2D eigenvalue weighted by molar-refractivity contribution is 0.269. The monoisotopic (exact) mass is 732 g/mol. The van der Waals surface area contributed by atoms with Gasteiger partial charge in [-0.3, -0.25) is 29.4 Å². The van der Waals surface area contributed by atoms with E-state index >= 15 is 0 Å². The number of hydrogen-bond acceptors (Lipinski definition) is 9. The fourth-order valence-electron chi connectivity index (χ4n) is 3.69. The Morgan fingerprint density at radius 1 is 0.489 bits per heavy atom. The van der Waals surface area contributed by atoms with E-state index in [1.165, 1.54) is 51.3 Å². The van der Waals surface area contributed by atoms with Crippen molar-refractivity contribution in [3.8, 4) is 46.0 Å². The van der Waals surface area contributed by atoms with E-state index in [0.29, 0.717) is 11.1 Å². The topological polar surface area (TPSA) is 228 Å². The van der Waals surface area contributed by atoms with Crippen LogP contribution < -0.4 is 27.8 Å². The number of ether oxygens (including phenoxy) is 3. The summed E-state index contributed by atoms with van der Waals surface area (Å²) in [5, 5.41) is 0. The molecule has 18 heteroatoms. The third-order valence-electron chi connectivity index (χ3n) is 5.25. The van der Waals surface area contributed by atoms with Gasteiger partial charge in [0.1, 0.15) is 5.75 Å². The largest absolute Gasteiger partial charge is 0.524 e. The van der Waals surface area contributed by atoms with Crippen LogP contribution in [0.1, 0.15) is 66.8 Å². The first kappa shape index (κ1) is 50.8. The van der Waals surface area contributed by atoms with Gasteiger partial charge in [-0.2, -0.15) is 0 Å². The Morgan fingerprint density at radius 2 is 0.936 bits per heavy atom. The van der Waals surface area contributed by atoms with E-state index in [1.807, 2.05) is 0 Å². The summed E-state index contributed by atoms with van der Waals surface area (Å²) in [6.07, 6.45) is 0. The first-order valence-corrected chi connectivity index (χ1v) is 15.9. The molecule has 0 radical (unpaired) electrons. The summed E-state index contributed by atoms with van der Waals surface area (Å²) >= 11 is 0. The van der Waals surface area contributed by atoms with Gasteiger partial charge >= 0.3 is 23.5 Å². The summed E-state index contributed by atoms with van der Waals surface area (Å²) in [6, 6.07) is 8.29. The molecule has 0 amide bonds. The van der Waals surface area contributed by atoms with Crippen molar-refractivity contribution < 1.29 is 70.8 Å². The molecule has 0 aliphatic rings. The number of aryl methyl sites for hydroxylation is 3. The van der Waals surface area contributed by atoms with Crippen LogP contribution in [0.25, 0.3) is 0 Å². The first-order valence-electron chi connectivity index (χ1n) is 11.3. The summed E-state index contributed by atoms with van der Waals surface area (Å²) in [5.41, 5.74) is 1.31. The Labute approximate surface area is 278 Å². The van der Waals surface area contributed by atoms with Gasteiger partial charge in [-0.25, -0.2) is 13.7 Å². The van der Waals surface area contributed by atoms with E-state index in [4.69, 9.17) is 27.8 Å². The van der Waals surface area contributed by atoms with E-state index in [-0.39, 0.29) is 95.9 Å². The quantitative estimate of drug-likeness (QED) is 0.101. The molecule has 0 fully saturated rings. The number of benzene rings is 3. The van der Waals surface area contributed by atoms with Gasteiger partial charge in [0.15, 0.2) is 34.5 Å². The molecule has 3 rings (SSSR count). The molecule has 0 saturated carbocycles. The molecular formula is C29H51O15P3. The highest BCUT2D eigenvalue weighted by molar-refractivity contribution is 7.47. The Morgan fingerprint density at radius 3 is 1.43 bits per heavy atom. The van der Waals surface area contributed by atoms with Crippen molar-refractivity contribution in [3.05, 3.63) is 58.7 Å². The zero-order valence-corrected chi connectivity index (χ0v) is 24.8. The predicted molar refractivity (Wildman–Crippen MR) is 183 cm³/mol. The van der Waals surface area contributed by atoms with Gasteiger partial charge in [-0.05, 0) is 68.7 Å². The average molecular weight is 733 g/mol. The van der Waals surface area contributed by atoms with Crippen molar-refractivity contribution in [2.75, 3.05) is 7.11 Å². The maximum Gasteiger partial charge on any atom is 0.524 e. The van der Waals surface area contributed by atoms with Gasteiger partial charge in [-0.15, -0.1) is 0 Å². The summed E-state index contributed by atoms with van der Waals surface area (Å²) in [7, 11) is -14.0. The van der Waals surface area contributed by atoms with Crippen LogP contribution in [0.15, 0.2) is 36.4 Å². The minimum Gasteiger partial charge on any atom is -0.490 e. The molecule has 0 heterocycles. The smallest absolute Gasteiger partial charge is 0.490 e. The number of hydrogen-bond donors (Lipinski definition) is 6. The van der Waals surface area contributed by atoms with Crippen molar-refractivity contribution in [1.82, 2.24) is 0 Å². The number of rotatable bonds is 11. The minimum atomic E-state index is -5.19. The van der Waals surface area contributed by atoms with E-state index in [1.54, 1.807) is 19.9 Å². The van der Waals surface area contributed by atoms with Crippen LogP contribution in [0.5, 0.6) is 46.0 Å². The lowest BCUT2D eigenvalue weighted by Crippen LogP contribution is -2.02. The highest BCUT2D eigenvalue weighted by Crippen LogP contribution is 2.53. The second-order valence-electron chi connectivity index (χ2n) is 8.62. The predicted octanol–water partition coefficient (Wildman–Crippen LogP) is 8.74. The summed E-state index contributed by atoms with van der Waals surface area (Å²) < 4.78 is 66.2. The molecule has 272 valence electrons. The number of methoxy groups -OCH3 is 1. The molecule has 0 aromatic heterocycles. The molecule has 0 bridgehead atoms. The van der Waals surface area contributed by atoms with Crippen molar-refractivity contribution in [1.29, 1.82) is 0 Å². The van der Waals surface area contributed by atoms with E-state index in [2.05, 4.69) is 0 Å². The molecule has 0 unspecified atom stereocenters. The molecule has 0 atom stereocenters. The maximum atomic E-state index is 11.8. The normalized spacial score (nSPS) is 10.5. The first-order chi connectivity index (χ1) is 18.8. The summed E-state index contributed by atoms with van der Waals surface area (Å²) in [4.78, 5) is 56.4. The van der Waals surface area contributed by atoms with Crippen molar-refractivity contribution in [2.24, 2.45) is 0 Å². The fraction of sp³-hybridized carbons (Fsp3) is 0.379. The molecule has 0 aliphatic carbocycles. The van der Waals surface area contributed by atoms with E-state index < -0.39 is 29.2 Å². The van der Waals surface area contributed by atoms with Crippen molar-refractivity contribution >= 4 is 23.5 Å². The van der Waals surface area contributed by atoms with Gasteiger partial charge in [0.25, 0.3) is 0 Å². The molecule has 6 N–H and O–H groups in total. The number of phosphoric acid groups is 3. The SMILES string of the molecule is C.C.C.C.C.C.COc1c(Oc2ccc(Oc3c(C)cc(C)cc3OP(=O)(O)O)c(C)c2OP(=O)(O)O)ccc(C)c1OP(=O)(O)O. The van der Waals surface area contributed by atoms with Crippen LogP contribution in [0.3, 0.4) is 0 Å². The Kier molecular flexibility index (Phi) is 20.6. The zero-order chi connectivity index (χ0) is 30.9. The zero-order valence-electron chi connectivity index (χ0n) is 22.2. The average Bonchev–Trinajstić information content (AvgIpc) is 2.79. The van der Waals surface area contributed by atoms with Crippen LogP contribution in [0, 0.1) is 27.7 Å². The molecule has 3 aromatic rings. The minimum absolute atomic E-state index is 0. The highest BCUT2D eigenvalue weighted by Gasteiger charge is 2.28. The van der Waals surface area contributed by atoms with Gasteiger partial charge in [0, 0.05) is 5.56 Å². The second-order valence-corrected chi connectivity index (χ2v) is 12.1. The molecule has 47 heavy (non-hydrogen) atoms. The number of phosphoric ester groups is 3. The third-order valence-corrected chi connectivity index (χ3v) is 6.53. The maximum absolute atomic E-state index is 11.8. The molecule has 3 aromatic carbocycles. The van der Waals surface area contributed by atoms with E-state index in [0.717, 1.165) is 0 Å². The Bertz CT molecular complexity index is 1610. The van der Waals surface area contributed by atoms with Crippen LogP contribution in [0.2, 0.25) is 0 Å². The second kappa shape index (κ2) is 19.0. The molecule has 0 aliphatic heterocycles. The Balaban J connectivity index is -0.00000154. The molecule has 0 saturated heterocycles. The van der Waals surface area contributed by atoms with Gasteiger partial charge in [0.2, 0.25) is 5.75 Å². The Hall–Kier alpha value is -3.09. The molecular weight excluding hydrogens is 681 g/mol.